The smallest absolute Gasteiger partial charge is 0.365 e. The lowest BCUT2D eigenvalue weighted by Gasteiger charge is -2.26. The first kappa shape index (κ1) is 17.7. The topological polar surface area (TPSA) is 18.5 Å². The normalized spacial score (nSPS) is 15.9. The van der Waals surface area contributed by atoms with Crippen LogP contribution in [0.2, 0.25) is 6.55 Å². The summed E-state index contributed by atoms with van der Waals surface area (Å²) in [7, 11) is 1.46. The van der Waals surface area contributed by atoms with Crippen LogP contribution in [0.5, 0.6) is 0 Å². The minimum absolute atomic E-state index is 1.03. The van der Waals surface area contributed by atoms with Crippen molar-refractivity contribution in [1.82, 2.24) is 0 Å². The summed E-state index contributed by atoms with van der Waals surface area (Å²) in [5.74, 6) is 0. The van der Waals surface area contributed by atoms with Crippen molar-refractivity contribution >= 4 is 8.56 Å². The highest BCUT2D eigenvalue weighted by molar-refractivity contribution is 6.74. The van der Waals surface area contributed by atoms with Crippen LogP contribution in [0.25, 0.3) is 0 Å². The Balaban J connectivity index is 2.56. The number of allylic oxidation sites excluding steroid dienone is 4. The summed E-state index contributed by atoms with van der Waals surface area (Å²) >= 11 is 0. The van der Waals surface area contributed by atoms with Gasteiger partial charge in [0.25, 0.3) is 0 Å². The molecule has 0 fully saturated rings. The fraction of sp³-hybridized carbons (Fsp3) is 0.765. The Kier molecular flexibility index (Phi) is 7.78. The average molecular weight is 297 g/mol. The monoisotopic (exact) mass is 296 g/mol. The third-order valence-corrected chi connectivity index (χ3v) is 7.72. The first-order chi connectivity index (χ1) is 9.59. The quantitative estimate of drug-likeness (QED) is 0.403. The van der Waals surface area contributed by atoms with Crippen molar-refractivity contribution in [2.75, 3.05) is 14.2 Å². The molecule has 0 aliphatic heterocycles. The van der Waals surface area contributed by atoms with E-state index >= 15 is 0 Å². The molecule has 1 rings (SSSR count). The van der Waals surface area contributed by atoms with Crippen LogP contribution in [0.4, 0.5) is 0 Å². The Labute approximate surface area is 126 Å². The lowest BCUT2D eigenvalue weighted by atomic mass is 10.0. The van der Waals surface area contributed by atoms with E-state index in [1.165, 1.54) is 61.3 Å². The maximum Gasteiger partial charge on any atom is 0.365 e. The van der Waals surface area contributed by atoms with Crippen LogP contribution in [0.3, 0.4) is 0 Å². The molecule has 1 aliphatic rings. The SMILES string of the molecule is CCCCCCCCC1=C([Si](C)(OC)OC)CC=C1C. The van der Waals surface area contributed by atoms with Gasteiger partial charge in [-0.2, -0.15) is 0 Å². The van der Waals surface area contributed by atoms with Crippen LogP contribution < -0.4 is 0 Å². The molecule has 2 nitrogen and oxygen atoms in total. The fourth-order valence-electron chi connectivity index (χ4n) is 2.96. The summed E-state index contributed by atoms with van der Waals surface area (Å²) in [5, 5.41) is 1.45. The third-order valence-electron chi connectivity index (χ3n) is 4.56. The molecule has 1 aliphatic carbocycles. The highest BCUT2D eigenvalue weighted by Gasteiger charge is 2.37. The molecule has 0 N–H and O–H groups in total. The van der Waals surface area contributed by atoms with Crippen molar-refractivity contribution in [3.05, 3.63) is 22.4 Å². The molecule has 0 amide bonds. The van der Waals surface area contributed by atoms with Gasteiger partial charge in [0.05, 0.1) is 0 Å². The van der Waals surface area contributed by atoms with E-state index in [1.807, 2.05) is 0 Å². The summed E-state index contributed by atoms with van der Waals surface area (Å²) in [5.41, 5.74) is 2.97. The maximum atomic E-state index is 5.73. The van der Waals surface area contributed by atoms with Gasteiger partial charge in [0, 0.05) is 14.2 Å². The standard InChI is InChI=1S/C17H32O2Si/c1-6-7-8-9-10-11-12-16-15(2)13-14-17(16)20(5,18-3)19-4/h13H,6-12,14H2,1-5H3. The molecule has 0 unspecified atom stereocenters. The third kappa shape index (κ3) is 4.57. The Morgan fingerprint density at radius 2 is 1.65 bits per heavy atom. The molecule has 0 bridgehead atoms. The molecule has 0 saturated heterocycles. The highest BCUT2D eigenvalue weighted by atomic mass is 28.4. The van der Waals surface area contributed by atoms with E-state index in [0.717, 1.165) is 6.42 Å². The predicted octanol–water partition coefficient (Wildman–Crippen LogP) is 5.29. The minimum atomic E-state index is -2.12. The molecule has 0 heterocycles. The van der Waals surface area contributed by atoms with Gasteiger partial charge in [-0.1, -0.05) is 50.7 Å². The highest BCUT2D eigenvalue weighted by Crippen LogP contribution is 2.36. The first-order valence-electron chi connectivity index (χ1n) is 8.09. The van der Waals surface area contributed by atoms with Crippen LogP contribution >= 0.6 is 0 Å². The van der Waals surface area contributed by atoms with Crippen LogP contribution in [-0.2, 0) is 8.85 Å². The summed E-state index contributed by atoms with van der Waals surface area (Å²) in [6, 6.07) is 0. The first-order valence-corrected chi connectivity index (χ1v) is 10.4. The number of hydrogen-bond donors (Lipinski definition) is 0. The van der Waals surface area contributed by atoms with Crippen molar-refractivity contribution in [3.8, 4) is 0 Å². The van der Waals surface area contributed by atoms with Gasteiger partial charge in [0.2, 0.25) is 0 Å². The molecule has 0 saturated carbocycles. The molecule has 0 atom stereocenters. The largest absolute Gasteiger partial charge is 0.395 e. The van der Waals surface area contributed by atoms with E-state index in [2.05, 4.69) is 26.5 Å². The zero-order valence-corrected chi connectivity index (χ0v) is 15.1. The van der Waals surface area contributed by atoms with Gasteiger partial charge in [0.1, 0.15) is 0 Å². The molecular weight excluding hydrogens is 264 g/mol. The van der Waals surface area contributed by atoms with E-state index in [9.17, 15) is 0 Å². The van der Waals surface area contributed by atoms with Gasteiger partial charge in [0.15, 0.2) is 0 Å². The van der Waals surface area contributed by atoms with Gasteiger partial charge in [-0.3, -0.25) is 0 Å². The maximum absolute atomic E-state index is 5.73. The van der Waals surface area contributed by atoms with Crippen molar-refractivity contribution < 1.29 is 8.85 Å². The predicted molar refractivity (Wildman–Crippen MR) is 89.0 cm³/mol. The zero-order valence-electron chi connectivity index (χ0n) is 14.1. The molecule has 0 aromatic heterocycles. The fourth-order valence-corrected chi connectivity index (χ4v) is 4.96. The van der Waals surface area contributed by atoms with Crippen molar-refractivity contribution in [2.45, 2.75) is 71.8 Å². The van der Waals surface area contributed by atoms with Gasteiger partial charge in [-0.05, 0) is 43.5 Å². The molecule has 0 spiro atoms. The van der Waals surface area contributed by atoms with Crippen molar-refractivity contribution in [2.24, 2.45) is 0 Å². The van der Waals surface area contributed by atoms with E-state index in [4.69, 9.17) is 8.85 Å². The minimum Gasteiger partial charge on any atom is -0.395 e. The molecule has 0 aromatic rings. The molecule has 0 radical (unpaired) electrons. The molecular formula is C17H32O2Si. The number of hydrogen-bond acceptors (Lipinski definition) is 2. The molecule has 3 heteroatoms. The van der Waals surface area contributed by atoms with Gasteiger partial charge >= 0.3 is 8.56 Å². The number of rotatable bonds is 10. The second-order valence-electron chi connectivity index (χ2n) is 5.92. The van der Waals surface area contributed by atoms with Crippen molar-refractivity contribution in [3.63, 3.8) is 0 Å². The van der Waals surface area contributed by atoms with Crippen LogP contribution in [-0.4, -0.2) is 22.8 Å². The lowest BCUT2D eigenvalue weighted by molar-refractivity contribution is 0.259. The second-order valence-corrected chi connectivity index (χ2v) is 9.23. The average Bonchev–Trinajstić information content (AvgIpc) is 2.83. The summed E-state index contributed by atoms with van der Waals surface area (Å²) in [6.45, 7) is 6.67. The molecule has 20 heavy (non-hydrogen) atoms. The lowest BCUT2D eigenvalue weighted by Crippen LogP contribution is -2.39. The van der Waals surface area contributed by atoms with E-state index in [-0.39, 0.29) is 0 Å². The van der Waals surface area contributed by atoms with Gasteiger partial charge < -0.3 is 8.85 Å². The van der Waals surface area contributed by atoms with E-state index in [1.54, 1.807) is 14.2 Å². The van der Waals surface area contributed by atoms with Crippen molar-refractivity contribution in [1.29, 1.82) is 0 Å². The second kappa shape index (κ2) is 8.80. The molecule has 116 valence electrons. The summed E-state index contributed by atoms with van der Waals surface area (Å²) < 4.78 is 11.5. The number of unbranched alkanes of at least 4 members (excludes halogenated alkanes) is 5. The van der Waals surface area contributed by atoms with Crippen LogP contribution in [0, 0.1) is 0 Å². The Bertz CT molecular complexity index is 354. The van der Waals surface area contributed by atoms with Gasteiger partial charge in [-0.15, -0.1) is 0 Å². The van der Waals surface area contributed by atoms with E-state index < -0.39 is 8.56 Å². The summed E-state index contributed by atoms with van der Waals surface area (Å²) in [4.78, 5) is 0. The van der Waals surface area contributed by atoms with Crippen LogP contribution in [0.15, 0.2) is 22.4 Å². The Morgan fingerprint density at radius 1 is 1.05 bits per heavy atom. The Morgan fingerprint density at radius 3 is 2.25 bits per heavy atom. The van der Waals surface area contributed by atoms with E-state index in [0.29, 0.717) is 0 Å². The summed E-state index contributed by atoms with van der Waals surface area (Å²) in [6.07, 6.45) is 12.7. The van der Waals surface area contributed by atoms with Gasteiger partial charge in [-0.25, -0.2) is 0 Å². The molecule has 0 aromatic carbocycles. The zero-order chi connectivity index (χ0) is 15.0. The Hall–Kier alpha value is -0.383. The van der Waals surface area contributed by atoms with Crippen LogP contribution in [0.1, 0.15) is 65.2 Å².